The second kappa shape index (κ2) is 4.47. The van der Waals surface area contributed by atoms with Gasteiger partial charge in [-0.3, -0.25) is 9.48 Å². The van der Waals surface area contributed by atoms with Crippen LogP contribution in [0.4, 0.5) is 5.69 Å². The molecule has 0 atom stereocenters. The first-order valence-corrected chi connectivity index (χ1v) is 6.66. The molecule has 1 amide bonds. The normalized spacial score (nSPS) is 10.8. The summed E-state index contributed by atoms with van der Waals surface area (Å²) in [6.07, 6.45) is 1.68. The van der Waals surface area contributed by atoms with Crippen molar-refractivity contribution in [2.24, 2.45) is 7.05 Å². The van der Waals surface area contributed by atoms with Crippen molar-refractivity contribution in [3.8, 4) is 0 Å². The minimum absolute atomic E-state index is 0.152. The van der Waals surface area contributed by atoms with E-state index < -0.39 is 0 Å². The molecule has 1 aromatic carbocycles. The van der Waals surface area contributed by atoms with Crippen molar-refractivity contribution in [3.63, 3.8) is 0 Å². The number of fused-ring (bicyclic) bond motifs is 1. The second-order valence-corrected chi connectivity index (χ2v) is 5.18. The van der Waals surface area contributed by atoms with E-state index >= 15 is 0 Å². The van der Waals surface area contributed by atoms with Gasteiger partial charge in [-0.1, -0.05) is 0 Å². The number of hydrogen-bond donors (Lipinski definition) is 1. The molecule has 1 N–H and O–H groups in total. The molecule has 0 aliphatic rings. The highest BCUT2D eigenvalue weighted by molar-refractivity contribution is 7.16. The quantitative estimate of drug-likeness (QED) is 0.780. The minimum Gasteiger partial charge on any atom is -0.321 e. The van der Waals surface area contributed by atoms with Gasteiger partial charge < -0.3 is 5.32 Å². The van der Waals surface area contributed by atoms with E-state index in [0.29, 0.717) is 5.69 Å². The van der Waals surface area contributed by atoms with E-state index in [9.17, 15) is 4.79 Å². The van der Waals surface area contributed by atoms with Crippen LogP contribution in [-0.4, -0.2) is 20.7 Å². The third kappa shape index (κ3) is 2.10. The number of amides is 1. The Labute approximate surface area is 113 Å². The standard InChI is InChI=1S/C13H12N4OS/c1-8-6-15-17(2)12(8)13(18)16-9-3-4-10-11(5-9)19-7-14-10/h3-7H,1-2H3,(H,16,18). The first-order chi connectivity index (χ1) is 9.15. The van der Waals surface area contributed by atoms with Gasteiger partial charge in [0.1, 0.15) is 5.69 Å². The fourth-order valence-corrected chi connectivity index (χ4v) is 2.71. The number of benzene rings is 1. The average molecular weight is 272 g/mol. The van der Waals surface area contributed by atoms with E-state index in [4.69, 9.17) is 0 Å². The summed E-state index contributed by atoms with van der Waals surface area (Å²) in [4.78, 5) is 16.4. The molecule has 2 heterocycles. The predicted octanol–water partition coefficient (Wildman–Crippen LogP) is 2.59. The highest BCUT2D eigenvalue weighted by Crippen LogP contribution is 2.22. The Hall–Kier alpha value is -2.21. The van der Waals surface area contributed by atoms with Crippen LogP contribution in [0.5, 0.6) is 0 Å². The first-order valence-electron chi connectivity index (χ1n) is 5.78. The Morgan fingerprint density at radius 3 is 3.00 bits per heavy atom. The van der Waals surface area contributed by atoms with Crippen molar-refractivity contribution in [2.45, 2.75) is 6.92 Å². The lowest BCUT2D eigenvalue weighted by Crippen LogP contribution is -2.17. The summed E-state index contributed by atoms with van der Waals surface area (Å²) in [6, 6.07) is 5.68. The molecule has 0 aliphatic heterocycles. The third-order valence-corrected chi connectivity index (χ3v) is 3.72. The lowest BCUT2D eigenvalue weighted by molar-refractivity contribution is 0.101. The topological polar surface area (TPSA) is 59.8 Å². The van der Waals surface area contributed by atoms with Crippen LogP contribution in [0.1, 0.15) is 16.1 Å². The molecule has 6 heteroatoms. The molecule has 3 rings (SSSR count). The number of rotatable bonds is 2. The highest BCUT2D eigenvalue weighted by Gasteiger charge is 2.14. The smallest absolute Gasteiger partial charge is 0.274 e. The zero-order valence-electron chi connectivity index (χ0n) is 10.5. The van der Waals surface area contributed by atoms with E-state index in [1.807, 2.05) is 25.1 Å². The summed E-state index contributed by atoms with van der Waals surface area (Å²) in [5.74, 6) is -0.152. The zero-order valence-corrected chi connectivity index (χ0v) is 11.4. The number of aromatic nitrogens is 3. The lowest BCUT2D eigenvalue weighted by atomic mass is 10.2. The maximum absolute atomic E-state index is 12.2. The van der Waals surface area contributed by atoms with Gasteiger partial charge in [-0.05, 0) is 30.7 Å². The van der Waals surface area contributed by atoms with E-state index in [2.05, 4.69) is 15.4 Å². The average Bonchev–Trinajstić information content (AvgIpc) is 2.95. The van der Waals surface area contributed by atoms with E-state index in [0.717, 1.165) is 21.5 Å². The largest absolute Gasteiger partial charge is 0.321 e. The summed E-state index contributed by atoms with van der Waals surface area (Å²) >= 11 is 1.55. The van der Waals surface area contributed by atoms with Crippen molar-refractivity contribution < 1.29 is 4.79 Å². The molecule has 0 fully saturated rings. The van der Waals surface area contributed by atoms with E-state index in [1.54, 1.807) is 34.8 Å². The van der Waals surface area contributed by atoms with Crippen LogP contribution in [0.15, 0.2) is 29.9 Å². The molecule has 0 spiro atoms. The van der Waals surface area contributed by atoms with Crippen LogP contribution in [0.2, 0.25) is 0 Å². The van der Waals surface area contributed by atoms with Crippen LogP contribution in [0.25, 0.3) is 10.2 Å². The van der Waals surface area contributed by atoms with Crippen LogP contribution in [-0.2, 0) is 7.05 Å². The van der Waals surface area contributed by atoms with Crippen molar-refractivity contribution in [3.05, 3.63) is 41.2 Å². The molecule has 0 unspecified atom stereocenters. The fraction of sp³-hybridized carbons (Fsp3) is 0.154. The van der Waals surface area contributed by atoms with Gasteiger partial charge in [-0.2, -0.15) is 5.10 Å². The molecule has 19 heavy (non-hydrogen) atoms. The molecular formula is C13H12N4OS. The number of aryl methyl sites for hydroxylation is 2. The molecule has 0 saturated carbocycles. The highest BCUT2D eigenvalue weighted by atomic mass is 32.1. The van der Waals surface area contributed by atoms with Crippen molar-refractivity contribution in [1.82, 2.24) is 14.8 Å². The van der Waals surface area contributed by atoms with Crippen molar-refractivity contribution in [2.75, 3.05) is 5.32 Å². The Kier molecular flexibility index (Phi) is 2.79. The Bertz CT molecular complexity index is 739. The number of carbonyl (C=O) groups excluding carboxylic acids is 1. The minimum atomic E-state index is -0.152. The van der Waals surface area contributed by atoms with Gasteiger partial charge in [0.15, 0.2) is 0 Å². The van der Waals surface area contributed by atoms with Crippen molar-refractivity contribution in [1.29, 1.82) is 0 Å². The van der Waals surface area contributed by atoms with E-state index in [1.165, 1.54) is 0 Å². The lowest BCUT2D eigenvalue weighted by Gasteiger charge is -2.06. The van der Waals surface area contributed by atoms with Gasteiger partial charge in [0, 0.05) is 12.7 Å². The number of carbonyl (C=O) groups is 1. The molecule has 96 valence electrons. The molecule has 0 saturated heterocycles. The van der Waals surface area contributed by atoms with Gasteiger partial charge in [0.2, 0.25) is 0 Å². The summed E-state index contributed by atoms with van der Waals surface area (Å²) in [7, 11) is 1.76. The van der Waals surface area contributed by atoms with Crippen LogP contribution < -0.4 is 5.32 Å². The third-order valence-electron chi connectivity index (χ3n) is 2.93. The van der Waals surface area contributed by atoms with Gasteiger partial charge >= 0.3 is 0 Å². The number of hydrogen-bond acceptors (Lipinski definition) is 4. The summed E-state index contributed by atoms with van der Waals surface area (Å²) in [6.45, 7) is 1.87. The first kappa shape index (κ1) is 11.9. The zero-order chi connectivity index (χ0) is 13.4. The van der Waals surface area contributed by atoms with Crippen LogP contribution >= 0.6 is 11.3 Å². The molecule has 0 bridgehead atoms. The van der Waals surface area contributed by atoms with E-state index in [-0.39, 0.29) is 5.91 Å². The van der Waals surface area contributed by atoms with Gasteiger partial charge in [-0.15, -0.1) is 11.3 Å². The van der Waals surface area contributed by atoms with Gasteiger partial charge in [-0.25, -0.2) is 4.98 Å². The summed E-state index contributed by atoms with van der Waals surface area (Å²) in [5.41, 5.74) is 4.94. The fourth-order valence-electron chi connectivity index (χ4n) is 2.00. The molecule has 0 radical (unpaired) electrons. The molecule has 0 aliphatic carbocycles. The Balaban J connectivity index is 1.90. The SMILES string of the molecule is Cc1cnn(C)c1C(=O)Nc1ccc2ncsc2c1. The number of thiazole rings is 1. The summed E-state index contributed by atoms with van der Waals surface area (Å²) in [5, 5.41) is 6.96. The van der Waals surface area contributed by atoms with Gasteiger partial charge in [0.25, 0.3) is 5.91 Å². The number of nitrogens with zero attached hydrogens (tertiary/aromatic N) is 3. The Morgan fingerprint density at radius 1 is 1.42 bits per heavy atom. The maximum atomic E-state index is 12.2. The van der Waals surface area contributed by atoms with Crippen LogP contribution in [0, 0.1) is 6.92 Å². The predicted molar refractivity (Wildman–Crippen MR) is 75.5 cm³/mol. The number of anilines is 1. The van der Waals surface area contributed by atoms with Crippen LogP contribution in [0.3, 0.4) is 0 Å². The Morgan fingerprint density at radius 2 is 2.26 bits per heavy atom. The van der Waals surface area contributed by atoms with Crippen molar-refractivity contribution >= 4 is 33.1 Å². The monoisotopic (exact) mass is 272 g/mol. The van der Waals surface area contributed by atoms with Gasteiger partial charge in [0.05, 0.1) is 21.9 Å². The molecular weight excluding hydrogens is 260 g/mol. The second-order valence-electron chi connectivity index (χ2n) is 4.29. The molecule has 5 nitrogen and oxygen atoms in total. The number of nitrogens with one attached hydrogen (secondary N) is 1. The molecule has 3 aromatic rings. The summed E-state index contributed by atoms with van der Waals surface area (Å²) < 4.78 is 2.63. The maximum Gasteiger partial charge on any atom is 0.274 e. The molecule has 2 aromatic heterocycles.